The van der Waals surface area contributed by atoms with Gasteiger partial charge in [-0.25, -0.2) is 10.2 Å². The highest BCUT2D eigenvalue weighted by atomic mass is 16.5. The third kappa shape index (κ3) is 4.71. The number of likely N-dealkylation sites (tertiary alicyclic amines) is 1. The van der Waals surface area contributed by atoms with Crippen molar-refractivity contribution in [3.63, 3.8) is 0 Å². The van der Waals surface area contributed by atoms with E-state index < -0.39 is 0 Å². The average molecular weight is 466 g/mol. The SMILES string of the molecule is CN1NC(C(C)(C)C)C=C1NC(=O)Nc1ccc(OCCN2CC3CC2CO3)c2ccccc12. The van der Waals surface area contributed by atoms with E-state index >= 15 is 0 Å². The van der Waals surface area contributed by atoms with Crippen LogP contribution in [0.1, 0.15) is 27.2 Å². The number of amides is 2. The van der Waals surface area contributed by atoms with Gasteiger partial charge in [0.1, 0.15) is 18.2 Å². The number of carbonyl (C=O) groups excluding carboxylic acids is 1. The molecule has 0 aromatic heterocycles. The molecule has 2 bridgehead atoms. The van der Waals surface area contributed by atoms with Gasteiger partial charge in [-0.1, -0.05) is 45.0 Å². The van der Waals surface area contributed by atoms with Gasteiger partial charge in [-0.15, -0.1) is 0 Å². The number of fused-ring (bicyclic) bond motifs is 3. The number of nitrogens with zero attached hydrogens (tertiary/aromatic N) is 2. The van der Waals surface area contributed by atoms with Crippen LogP contribution in [0, 0.1) is 5.41 Å². The van der Waals surface area contributed by atoms with Crippen molar-refractivity contribution in [1.82, 2.24) is 20.7 Å². The van der Waals surface area contributed by atoms with Gasteiger partial charge >= 0.3 is 6.03 Å². The highest BCUT2D eigenvalue weighted by molar-refractivity contribution is 6.04. The summed E-state index contributed by atoms with van der Waals surface area (Å²) in [6, 6.07) is 12.3. The molecule has 34 heavy (non-hydrogen) atoms. The van der Waals surface area contributed by atoms with E-state index in [1.807, 2.05) is 54.5 Å². The largest absolute Gasteiger partial charge is 0.492 e. The fourth-order valence-corrected chi connectivity index (χ4v) is 4.96. The molecule has 3 unspecified atom stereocenters. The van der Waals surface area contributed by atoms with Gasteiger partial charge in [0.25, 0.3) is 0 Å². The van der Waals surface area contributed by atoms with Crippen molar-refractivity contribution in [1.29, 1.82) is 0 Å². The van der Waals surface area contributed by atoms with Crippen LogP contribution in [0.4, 0.5) is 10.5 Å². The summed E-state index contributed by atoms with van der Waals surface area (Å²) in [6.45, 7) is 9.86. The molecule has 2 aromatic carbocycles. The first-order chi connectivity index (χ1) is 16.3. The summed E-state index contributed by atoms with van der Waals surface area (Å²) in [5.74, 6) is 1.57. The van der Waals surface area contributed by atoms with Crippen molar-refractivity contribution in [2.75, 3.05) is 38.7 Å². The Morgan fingerprint density at radius 1 is 1.18 bits per heavy atom. The van der Waals surface area contributed by atoms with E-state index in [1.165, 1.54) is 0 Å². The van der Waals surface area contributed by atoms with Crippen LogP contribution in [0.15, 0.2) is 48.3 Å². The predicted molar refractivity (Wildman–Crippen MR) is 134 cm³/mol. The third-order valence-electron chi connectivity index (χ3n) is 6.98. The molecule has 2 fully saturated rings. The lowest BCUT2D eigenvalue weighted by molar-refractivity contribution is 0.0258. The zero-order valence-electron chi connectivity index (χ0n) is 20.4. The minimum Gasteiger partial charge on any atom is -0.492 e. The zero-order chi connectivity index (χ0) is 23.9. The second-order valence-corrected chi connectivity index (χ2v) is 10.5. The molecule has 3 heterocycles. The van der Waals surface area contributed by atoms with Crippen molar-refractivity contribution in [2.24, 2.45) is 5.41 Å². The van der Waals surface area contributed by atoms with Crippen LogP contribution in [0.25, 0.3) is 10.8 Å². The van der Waals surface area contributed by atoms with E-state index in [2.05, 4.69) is 41.7 Å². The maximum Gasteiger partial charge on any atom is 0.324 e. The summed E-state index contributed by atoms with van der Waals surface area (Å²) in [7, 11) is 1.90. The van der Waals surface area contributed by atoms with Crippen molar-refractivity contribution in [3.8, 4) is 5.75 Å². The molecule has 2 amide bonds. The molecule has 3 N–H and O–H groups in total. The number of anilines is 1. The maximum absolute atomic E-state index is 12.8. The molecule has 2 aromatic rings. The van der Waals surface area contributed by atoms with E-state index in [-0.39, 0.29) is 17.5 Å². The molecule has 182 valence electrons. The fourth-order valence-electron chi connectivity index (χ4n) is 4.96. The van der Waals surface area contributed by atoms with E-state index in [9.17, 15) is 4.79 Å². The van der Waals surface area contributed by atoms with Crippen molar-refractivity contribution >= 4 is 22.5 Å². The topological polar surface area (TPSA) is 78.1 Å². The third-order valence-corrected chi connectivity index (χ3v) is 6.98. The maximum atomic E-state index is 12.8. The van der Waals surface area contributed by atoms with E-state index in [4.69, 9.17) is 9.47 Å². The van der Waals surface area contributed by atoms with Crippen LogP contribution in [-0.2, 0) is 4.74 Å². The van der Waals surface area contributed by atoms with Crippen molar-refractivity contribution < 1.29 is 14.3 Å². The molecule has 3 aliphatic rings. The number of urea groups is 1. The summed E-state index contributed by atoms with van der Waals surface area (Å²) < 4.78 is 11.9. The van der Waals surface area contributed by atoms with E-state index in [0.717, 1.165) is 54.1 Å². The Balaban J connectivity index is 1.24. The quantitative estimate of drug-likeness (QED) is 0.606. The Hall–Kier alpha value is -2.81. The van der Waals surface area contributed by atoms with Crippen LogP contribution in [-0.4, -0.2) is 67.5 Å². The first kappa shape index (κ1) is 23.0. The fraction of sp³-hybridized carbons (Fsp3) is 0.500. The van der Waals surface area contributed by atoms with Crippen LogP contribution in [0.5, 0.6) is 5.75 Å². The van der Waals surface area contributed by atoms with Gasteiger partial charge in [-0.05, 0) is 30.0 Å². The van der Waals surface area contributed by atoms with Gasteiger partial charge in [0.05, 0.1) is 24.4 Å². The minimum absolute atomic E-state index is 0.0440. The van der Waals surface area contributed by atoms with Gasteiger partial charge < -0.3 is 14.8 Å². The number of ether oxygens (including phenoxy) is 2. The lowest BCUT2D eigenvalue weighted by Crippen LogP contribution is -2.43. The number of carbonyl (C=O) groups is 1. The Labute approximate surface area is 201 Å². The summed E-state index contributed by atoms with van der Waals surface area (Å²) in [6.07, 6.45) is 3.59. The first-order valence-corrected chi connectivity index (χ1v) is 12.1. The predicted octanol–water partition coefficient (Wildman–Crippen LogP) is 3.52. The molecular formula is C26H35N5O3. The van der Waals surface area contributed by atoms with Crippen molar-refractivity contribution in [3.05, 3.63) is 48.3 Å². The Kier molecular flexibility index (Phi) is 6.14. The summed E-state index contributed by atoms with van der Waals surface area (Å²) >= 11 is 0. The summed E-state index contributed by atoms with van der Waals surface area (Å²) in [5, 5.41) is 9.76. The number of benzene rings is 2. The molecule has 0 radical (unpaired) electrons. The Morgan fingerprint density at radius 3 is 2.65 bits per heavy atom. The van der Waals surface area contributed by atoms with Crippen LogP contribution >= 0.6 is 0 Å². The van der Waals surface area contributed by atoms with Crippen LogP contribution in [0.3, 0.4) is 0 Å². The number of nitrogens with one attached hydrogen (secondary N) is 3. The normalized spacial score (nSPS) is 24.5. The molecule has 0 spiro atoms. The molecule has 5 rings (SSSR count). The lowest BCUT2D eigenvalue weighted by Gasteiger charge is -2.27. The van der Waals surface area contributed by atoms with Gasteiger partial charge in [0.15, 0.2) is 0 Å². The average Bonchev–Trinajstić information content (AvgIpc) is 3.51. The number of hydrazine groups is 1. The number of hydrogen-bond donors (Lipinski definition) is 3. The molecule has 3 aliphatic heterocycles. The van der Waals surface area contributed by atoms with Crippen molar-refractivity contribution in [2.45, 2.75) is 45.4 Å². The highest BCUT2D eigenvalue weighted by Gasteiger charge is 2.38. The van der Waals surface area contributed by atoms with Crippen LogP contribution in [0.2, 0.25) is 0 Å². The zero-order valence-corrected chi connectivity index (χ0v) is 20.4. The number of rotatable bonds is 6. The minimum atomic E-state index is -0.278. The van der Waals surface area contributed by atoms with E-state index in [1.54, 1.807) is 0 Å². The number of hydrogen-bond acceptors (Lipinski definition) is 6. The summed E-state index contributed by atoms with van der Waals surface area (Å²) in [5.41, 5.74) is 4.16. The molecule has 3 atom stereocenters. The molecular weight excluding hydrogens is 430 g/mol. The van der Waals surface area contributed by atoms with Crippen LogP contribution < -0.4 is 20.8 Å². The molecule has 0 saturated carbocycles. The van der Waals surface area contributed by atoms with Gasteiger partial charge in [0.2, 0.25) is 0 Å². The standard InChI is InChI=1S/C26H35N5O3/c1-26(2,3)23-14-24(30(4)29-23)28-25(32)27-21-9-10-22(20-8-6-5-7-19(20)21)33-12-11-31-15-18-13-17(31)16-34-18/h5-10,14,17-18,23,29H,11-13,15-16H2,1-4H3,(H2,27,28,32). The monoisotopic (exact) mass is 465 g/mol. The highest BCUT2D eigenvalue weighted by Crippen LogP contribution is 2.32. The molecule has 8 heteroatoms. The molecule has 0 aliphatic carbocycles. The summed E-state index contributed by atoms with van der Waals surface area (Å²) in [4.78, 5) is 15.3. The second-order valence-electron chi connectivity index (χ2n) is 10.5. The Bertz CT molecular complexity index is 1100. The molecule has 2 saturated heterocycles. The smallest absolute Gasteiger partial charge is 0.324 e. The van der Waals surface area contributed by atoms with Gasteiger partial charge in [0, 0.05) is 37.0 Å². The first-order valence-electron chi connectivity index (χ1n) is 12.1. The lowest BCUT2D eigenvalue weighted by atomic mass is 9.87. The van der Waals surface area contributed by atoms with Gasteiger partial charge in [-0.2, -0.15) is 0 Å². The molecule has 8 nitrogen and oxygen atoms in total. The van der Waals surface area contributed by atoms with E-state index in [0.29, 0.717) is 18.8 Å². The number of morpholine rings is 1. The Morgan fingerprint density at radius 2 is 1.97 bits per heavy atom. The second kappa shape index (κ2) is 9.09. The van der Waals surface area contributed by atoms with Gasteiger partial charge in [-0.3, -0.25) is 15.2 Å².